The number of hydrogen-bond acceptors (Lipinski definition) is 2. The molecule has 1 heterocycles. The molecule has 2 aliphatic rings. The van der Waals surface area contributed by atoms with Crippen LogP contribution in [0.1, 0.15) is 25.7 Å². The summed E-state index contributed by atoms with van der Waals surface area (Å²) in [6.45, 7) is 1.83. The summed E-state index contributed by atoms with van der Waals surface area (Å²) in [5.41, 5.74) is 5.83. The Labute approximate surface area is 91.4 Å². The third kappa shape index (κ3) is 2.59. The van der Waals surface area contributed by atoms with Crippen molar-refractivity contribution in [1.29, 1.82) is 0 Å². The maximum Gasteiger partial charge on any atom is 0.0947 e. The van der Waals surface area contributed by atoms with Gasteiger partial charge in [-0.25, -0.2) is 0 Å². The predicted molar refractivity (Wildman–Crippen MR) is 58.5 cm³/mol. The van der Waals surface area contributed by atoms with Gasteiger partial charge >= 0.3 is 0 Å². The molecule has 0 amide bonds. The van der Waals surface area contributed by atoms with Gasteiger partial charge in [-0.3, -0.25) is 9.29 Å². The van der Waals surface area contributed by atoms with Crippen LogP contribution in [0.4, 0.5) is 4.39 Å². The summed E-state index contributed by atoms with van der Waals surface area (Å²) in [4.78, 5) is 2.43. The monoisotopic (exact) mass is 222 g/mol. The third-order valence-corrected chi connectivity index (χ3v) is 3.46. The summed E-state index contributed by atoms with van der Waals surface area (Å²) in [7, 11) is 0. The van der Waals surface area contributed by atoms with Gasteiger partial charge in [0.1, 0.15) is 0 Å². The van der Waals surface area contributed by atoms with E-state index in [2.05, 4.69) is 4.90 Å². The van der Waals surface area contributed by atoms with Crippen molar-refractivity contribution in [1.82, 2.24) is 4.90 Å². The van der Waals surface area contributed by atoms with Crippen LogP contribution >= 0.6 is 12.4 Å². The zero-order valence-corrected chi connectivity index (χ0v) is 9.31. The maximum atomic E-state index is 12.2. The van der Waals surface area contributed by atoms with Gasteiger partial charge in [0.15, 0.2) is 0 Å². The molecule has 0 aromatic carbocycles. The highest BCUT2D eigenvalue weighted by Crippen LogP contribution is 2.28. The van der Waals surface area contributed by atoms with E-state index in [1.165, 1.54) is 12.8 Å². The molecular weight excluding hydrogens is 203 g/mol. The van der Waals surface area contributed by atoms with E-state index in [-0.39, 0.29) is 19.1 Å². The second-order valence-corrected chi connectivity index (χ2v) is 4.54. The van der Waals surface area contributed by atoms with E-state index >= 15 is 0 Å². The van der Waals surface area contributed by atoms with E-state index in [1.807, 2.05) is 0 Å². The van der Waals surface area contributed by atoms with Gasteiger partial charge in [0, 0.05) is 31.1 Å². The Bertz CT molecular complexity index is 166. The zero-order chi connectivity index (χ0) is 9.26. The molecule has 2 N–H and O–H groups in total. The number of likely N-dealkylation sites (tertiary alicyclic amines) is 1. The molecule has 1 saturated carbocycles. The van der Waals surface area contributed by atoms with Crippen LogP contribution in [-0.2, 0) is 0 Å². The van der Waals surface area contributed by atoms with Crippen molar-refractivity contribution in [3.8, 4) is 0 Å². The molecule has 0 aromatic rings. The molecule has 4 heteroatoms. The molecule has 2 nitrogen and oxygen atoms in total. The lowest BCUT2D eigenvalue weighted by Crippen LogP contribution is -2.54. The molecule has 2 fully saturated rings. The van der Waals surface area contributed by atoms with Gasteiger partial charge in [0.2, 0.25) is 0 Å². The van der Waals surface area contributed by atoms with E-state index < -0.39 is 0 Å². The van der Waals surface area contributed by atoms with Crippen LogP contribution < -0.4 is 5.73 Å². The van der Waals surface area contributed by atoms with Crippen LogP contribution in [0.2, 0.25) is 0 Å². The minimum absolute atomic E-state index is 0. The summed E-state index contributed by atoms with van der Waals surface area (Å²) in [6.07, 6.45) is 4.75. The smallest absolute Gasteiger partial charge is 0.0947 e. The molecule has 1 saturated heterocycles. The minimum atomic E-state index is -0.136. The van der Waals surface area contributed by atoms with E-state index in [0.717, 1.165) is 25.9 Å². The Kier molecular flexibility index (Phi) is 4.61. The Morgan fingerprint density at radius 3 is 2.21 bits per heavy atom. The quantitative estimate of drug-likeness (QED) is 0.769. The Balaban J connectivity index is 0.000000980. The first kappa shape index (κ1) is 12.2. The summed E-state index contributed by atoms with van der Waals surface area (Å²) in [6, 6.07) is 1.14. The van der Waals surface area contributed by atoms with Crippen LogP contribution in [0.15, 0.2) is 0 Å². The van der Waals surface area contributed by atoms with Crippen LogP contribution in [-0.4, -0.2) is 36.7 Å². The number of alkyl halides is 1. The number of hydrogen-bond donors (Lipinski definition) is 1. The molecule has 0 spiro atoms. The van der Waals surface area contributed by atoms with Crippen LogP contribution in [0.25, 0.3) is 0 Å². The second kappa shape index (κ2) is 5.29. The lowest BCUT2D eigenvalue weighted by atomic mass is 9.87. The first-order valence-electron chi connectivity index (χ1n) is 5.35. The average molecular weight is 223 g/mol. The molecule has 1 aliphatic carbocycles. The topological polar surface area (TPSA) is 29.3 Å². The maximum absolute atomic E-state index is 12.2. The summed E-state index contributed by atoms with van der Waals surface area (Å²) in [5.74, 6) is 0.329. The van der Waals surface area contributed by atoms with Crippen molar-refractivity contribution >= 4 is 12.4 Å². The first-order valence-corrected chi connectivity index (χ1v) is 5.35. The summed E-state index contributed by atoms with van der Waals surface area (Å²) < 4.78 is 12.2. The molecule has 0 atom stereocenters. The Morgan fingerprint density at radius 1 is 1.14 bits per heavy atom. The fourth-order valence-electron chi connectivity index (χ4n) is 2.47. The standard InChI is InChI=1S/C10H19FN2.ClH/c11-5-8-6-13(7-8)10-3-1-9(12)2-4-10;/h8-10H,1-7,12H2;1H/t9-,10-;. The molecule has 1 aliphatic heterocycles. The van der Waals surface area contributed by atoms with Gasteiger partial charge in [-0.1, -0.05) is 0 Å². The lowest BCUT2D eigenvalue weighted by Gasteiger charge is -2.45. The van der Waals surface area contributed by atoms with Crippen molar-refractivity contribution < 1.29 is 4.39 Å². The van der Waals surface area contributed by atoms with E-state index in [9.17, 15) is 4.39 Å². The predicted octanol–water partition coefficient (Wildman–Crippen LogP) is 1.58. The van der Waals surface area contributed by atoms with Crippen LogP contribution in [0, 0.1) is 5.92 Å². The van der Waals surface area contributed by atoms with Gasteiger partial charge in [-0.05, 0) is 25.7 Å². The van der Waals surface area contributed by atoms with Gasteiger partial charge < -0.3 is 5.73 Å². The van der Waals surface area contributed by atoms with Crippen molar-refractivity contribution in [2.24, 2.45) is 11.7 Å². The normalized spacial score (nSPS) is 34.7. The number of halogens is 2. The van der Waals surface area contributed by atoms with Crippen molar-refractivity contribution in [3.63, 3.8) is 0 Å². The Morgan fingerprint density at radius 2 is 1.71 bits per heavy atom. The van der Waals surface area contributed by atoms with E-state index in [4.69, 9.17) is 5.73 Å². The summed E-state index contributed by atoms with van der Waals surface area (Å²) >= 11 is 0. The molecular formula is C10H20ClFN2. The average Bonchev–Trinajstić information content (AvgIpc) is 2.06. The highest BCUT2D eigenvalue weighted by Gasteiger charge is 2.33. The molecule has 0 aromatic heterocycles. The third-order valence-electron chi connectivity index (χ3n) is 3.46. The van der Waals surface area contributed by atoms with Gasteiger partial charge in [-0.2, -0.15) is 0 Å². The molecule has 0 unspecified atom stereocenters. The lowest BCUT2D eigenvalue weighted by molar-refractivity contribution is 0.0218. The second-order valence-electron chi connectivity index (χ2n) is 4.54. The molecule has 84 valence electrons. The largest absolute Gasteiger partial charge is 0.328 e. The summed E-state index contributed by atoms with van der Waals surface area (Å²) in [5, 5.41) is 0. The van der Waals surface area contributed by atoms with Gasteiger partial charge in [0.25, 0.3) is 0 Å². The molecule has 14 heavy (non-hydrogen) atoms. The Hall–Kier alpha value is 0.140. The molecule has 2 rings (SSSR count). The van der Waals surface area contributed by atoms with E-state index in [0.29, 0.717) is 18.0 Å². The number of nitrogens with two attached hydrogens (primary N) is 1. The van der Waals surface area contributed by atoms with E-state index in [1.54, 1.807) is 0 Å². The SMILES string of the molecule is Cl.N[C@H]1CC[C@H](N2CC(CF)C2)CC1. The fraction of sp³-hybridized carbons (Fsp3) is 1.00. The molecule has 0 bridgehead atoms. The van der Waals surface area contributed by atoms with Crippen LogP contribution in [0.3, 0.4) is 0 Å². The van der Waals surface area contributed by atoms with Crippen LogP contribution in [0.5, 0.6) is 0 Å². The zero-order valence-electron chi connectivity index (χ0n) is 8.49. The van der Waals surface area contributed by atoms with Crippen molar-refractivity contribution in [2.75, 3.05) is 19.8 Å². The van der Waals surface area contributed by atoms with Crippen molar-refractivity contribution in [2.45, 2.75) is 37.8 Å². The van der Waals surface area contributed by atoms with Crippen molar-refractivity contribution in [3.05, 3.63) is 0 Å². The molecule has 0 radical (unpaired) electrons. The van der Waals surface area contributed by atoms with Gasteiger partial charge in [-0.15, -0.1) is 12.4 Å². The number of nitrogens with zero attached hydrogens (tertiary/aromatic N) is 1. The number of rotatable bonds is 2. The fourth-order valence-corrected chi connectivity index (χ4v) is 2.47. The highest BCUT2D eigenvalue weighted by atomic mass is 35.5. The minimum Gasteiger partial charge on any atom is -0.328 e. The highest BCUT2D eigenvalue weighted by molar-refractivity contribution is 5.85. The first-order chi connectivity index (χ1) is 6.29. The van der Waals surface area contributed by atoms with Gasteiger partial charge in [0.05, 0.1) is 6.67 Å².